The fourth-order valence-corrected chi connectivity index (χ4v) is 3.89. The van der Waals surface area contributed by atoms with Gasteiger partial charge in [-0.1, -0.05) is 46.1 Å². The van der Waals surface area contributed by atoms with E-state index in [1.807, 2.05) is 19.1 Å². The van der Waals surface area contributed by atoms with Crippen LogP contribution < -0.4 is 10.6 Å². The lowest BCUT2D eigenvalue weighted by Crippen LogP contribution is -2.39. The fourth-order valence-electron chi connectivity index (χ4n) is 3.89. The maximum absolute atomic E-state index is 11.8. The van der Waals surface area contributed by atoms with E-state index in [9.17, 15) is 14.9 Å². The quantitative estimate of drug-likeness (QED) is 0.550. The molecule has 2 N–H and O–H groups in total. The van der Waals surface area contributed by atoms with Crippen molar-refractivity contribution < 1.29 is 9.72 Å². The summed E-state index contributed by atoms with van der Waals surface area (Å²) in [6.07, 6.45) is 5.97. The van der Waals surface area contributed by atoms with Crippen LogP contribution in [-0.4, -0.2) is 23.4 Å². The maximum Gasteiger partial charge on any atom is 0.292 e. The molecular formula is C20H31N3O3. The average molecular weight is 361 g/mol. The van der Waals surface area contributed by atoms with Crippen LogP contribution >= 0.6 is 0 Å². The lowest BCUT2D eigenvalue weighted by Gasteiger charge is -2.37. The first-order chi connectivity index (χ1) is 12.3. The lowest BCUT2D eigenvalue weighted by atomic mass is 9.92. The number of primary amides is 1. The molecule has 6 heteroatoms. The van der Waals surface area contributed by atoms with Gasteiger partial charge in [0, 0.05) is 25.1 Å². The molecule has 0 spiro atoms. The Balaban J connectivity index is 2.39. The molecule has 0 aliphatic heterocycles. The van der Waals surface area contributed by atoms with Crippen molar-refractivity contribution in [2.75, 3.05) is 11.4 Å². The van der Waals surface area contributed by atoms with Crippen LogP contribution in [-0.2, 0) is 4.79 Å². The van der Waals surface area contributed by atoms with Gasteiger partial charge in [-0.15, -0.1) is 0 Å². The van der Waals surface area contributed by atoms with Gasteiger partial charge in [-0.2, -0.15) is 0 Å². The number of carbonyl (C=O) groups is 1. The maximum atomic E-state index is 11.8. The van der Waals surface area contributed by atoms with Crippen LogP contribution in [0, 0.1) is 16.0 Å². The van der Waals surface area contributed by atoms with E-state index in [0.29, 0.717) is 17.6 Å². The summed E-state index contributed by atoms with van der Waals surface area (Å²) in [4.78, 5) is 24.9. The van der Waals surface area contributed by atoms with Crippen molar-refractivity contribution in [2.45, 2.75) is 71.3 Å². The number of benzene rings is 1. The number of nitrogens with two attached hydrogens (primary N) is 1. The first-order valence-electron chi connectivity index (χ1n) is 9.62. The Morgan fingerprint density at radius 2 is 1.92 bits per heavy atom. The number of hydrogen-bond acceptors (Lipinski definition) is 4. The van der Waals surface area contributed by atoms with Gasteiger partial charge in [0.15, 0.2) is 0 Å². The summed E-state index contributed by atoms with van der Waals surface area (Å²) in [5.74, 6) is -0.105. The second kappa shape index (κ2) is 9.01. The molecule has 2 rings (SSSR count). The highest BCUT2D eigenvalue weighted by Crippen LogP contribution is 2.36. The molecule has 1 aromatic carbocycles. The largest absolute Gasteiger partial charge is 0.370 e. The topological polar surface area (TPSA) is 89.5 Å². The van der Waals surface area contributed by atoms with E-state index >= 15 is 0 Å². The van der Waals surface area contributed by atoms with Crippen molar-refractivity contribution in [3.8, 4) is 0 Å². The Labute approximate surface area is 155 Å². The molecule has 6 nitrogen and oxygen atoms in total. The van der Waals surface area contributed by atoms with Crippen LogP contribution in [0.15, 0.2) is 18.2 Å². The Morgan fingerprint density at radius 3 is 2.46 bits per heavy atom. The predicted octanol–water partition coefficient (Wildman–Crippen LogP) is 4.37. The standard InChI is InChI=1S/C20H31N3O3/c1-14(2)13-22(17-7-5-4-6-8-17)18-10-9-16(12-19(18)23(25)26)15(3)11-20(21)24/h9-10,12,14-15,17H,4-8,11,13H2,1-3H3,(H2,21,24). The fraction of sp³-hybridized carbons (Fsp3) is 0.650. The molecule has 1 aliphatic carbocycles. The molecule has 1 atom stereocenters. The zero-order valence-electron chi connectivity index (χ0n) is 16.1. The monoisotopic (exact) mass is 361 g/mol. The molecule has 1 unspecified atom stereocenters. The first kappa shape index (κ1) is 20.2. The summed E-state index contributed by atoms with van der Waals surface area (Å²) in [5, 5.41) is 11.8. The van der Waals surface area contributed by atoms with E-state index in [1.54, 1.807) is 6.07 Å². The van der Waals surface area contributed by atoms with Gasteiger partial charge in [-0.3, -0.25) is 14.9 Å². The molecule has 26 heavy (non-hydrogen) atoms. The van der Waals surface area contributed by atoms with E-state index in [-0.39, 0.29) is 22.9 Å². The van der Waals surface area contributed by atoms with Gasteiger partial charge in [0.25, 0.3) is 5.69 Å². The highest BCUT2D eigenvalue weighted by molar-refractivity contribution is 5.75. The Bertz CT molecular complexity index is 639. The second-order valence-corrected chi connectivity index (χ2v) is 7.91. The van der Waals surface area contributed by atoms with E-state index in [2.05, 4.69) is 18.7 Å². The summed E-state index contributed by atoms with van der Waals surface area (Å²) in [5.41, 5.74) is 6.89. The minimum Gasteiger partial charge on any atom is -0.370 e. The first-order valence-corrected chi connectivity index (χ1v) is 9.62. The zero-order chi connectivity index (χ0) is 19.3. The molecule has 1 saturated carbocycles. The van der Waals surface area contributed by atoms with Crippen molar-refractivity contribution in [1.82, 2.24) is 0 Å². The highest BCUT2D eigenvalue weighted by Gasteiger charge is 2.28. The number of nitrogens with zero attached hydrogens (tertiary/aromatic N) is 2. The third kappa shape index (κ3) is 5.19. The molecule has 1 fully saturated rings. The molecular weight excluding hydrogens is 330 g/mol. The van der Waals surface area contributed by atoms with Gasteiger partial charge in [0.05, 0.1) is 4.92 Å². The van der Waals surface area contributed by atoms with Crippen LogP contribution in [0.5, 0.6) is 0 Å². The molecule has 1 aliphatic rings. The number of nitro groups is 1. The SMILES string of the molecule is CC(C)CN(c1ccc(C(C)CC(N)=O)cc1[N+](=O)[O-])C1CCCCC1. The number of nitro benzene ring substituents is 1. The van der Waals surface area contributed by atoms with Gasteiger partial charge in [0.2, 0.25) is 5.91 Å². The summed E-state index contributed by atoms with van der Waals surface area (Å²) >= 11 is 0. The molecule has 0 bridgehead atoms. The number of hydrogen-bond donors (Lipinski definition) is 1. The molecule has 0 aromatic heterocycles. The zero-order valence-corrected chi connectivity index (χ0v) is 16.1. The van der Waals surface area contributed by atoms with Crippen molar-refractivity contribution in [3.63, 3.8) is 0 Å². The number of carbonyl (C=O) groups excluding carboxylic acids is 1. The smallest absolute Gasteiger partial charge is 0.292 e. The minimum atomic E-state index is -0.395. The summed E-state index contributed by atoms with van der Waals surface area (Å²) in [7, 11) is 0. The minimum absolute atomic E-state index is 0.130. The van der Waals surface area contributed by atoms with Gasteiger partial charge in [0.1, 0.15) is 5.69 Å². The third-order valence-electron chi connectivity index (χ3n) is 5.16. The molecule has 1 amide bonds. The molecule has 1 aromatic rings. The third-order valence-corrected chi connectivity index (χ3v) is 5.16. The summed E-state index contributed by atoms with van der Waals surface area (Å²) in [6.45, 7) is 6.97. The van der Waals surface area contributed by atoms with Crippen LogP contribution in [0.1, 0.15) is 70.8 Å². The molecule has 0 heterocycles. The van der Waals surface area contributed by atoms with Gasteiger partial charge in [-0.05, 0) is 36.3 Å². The van der Waals surface area contributed by atoms with Gasteiger partial charge in [-0.25, -0.2) is 0 Å². The number of anilines is 1. The van der Waals surface area contributed by atoms with Crippen LogP contribution in [0.2, 0.25) is 0 Å². The summed E-state index contributed by atoms with van der Waals surface area (Å²) < 4.78 is 0. The Hall–Kier alpha value is -2.11. The highest BCUT2D eigenvalue weighted by atomic mass is 16.6. The van der Waals surface area contributed by atoms with Crippen molar-refractivity contribution >= 4 is 17.3 Å². The van der Waals surface area contributed by atoms with Gasteiger partial charge >= 0.3 is 0 Å². The summed E-state index contributed by atoms with van der Waals surface area (Å²) in [6, 6.07) is 5.76. The van der Waals surface area contributed by atoms with Crippen LogP contribution in [0.25, 0.3) is 0 Å². The van der Waals surface area contributed by atoms with E-state index in [4.69, 9.17) is 5.73 Å². The van der Waals surface area contributed by atoms with Crippen molar-refractivity contribution in [1.29, 1.82) is 0 Å². The molecule has 0 saturated heterocycles. The Morgan fingerprint density at radius 1 is 1.27 bits per heavy atom. The second-order valence-electron chi connectivity index (χ2n) is 7.91. The van der Waals surface area contributed by atoms with E-state index in [0.717, 1.165) is 24.9 Å². The number of rotatable bonds is 8. The Kier molecular flexibility index (Phi) is 7.00. The van der Waals surface area contributed by atoms with Crippen LogP contribution in [0.3, 0.4) is 0 Å². The predicted molar refractivity (Wildman–Crippen MR) is 104 cm³/mol. The number of amides is 1. The van der Waals surface area contributed by atoms with E-state index < -0.39 is 5.91 Å². The van der Waals surface area contributed by atoms with E-state index in [1.165, 1.54) is 19.3 Å². The van der Waals surface area contributed by atoms with Crippen molar-refractivity contribution in [3.05, 3.63) is 33.9 Å². The lowest BCUT2D eigenvalue weighted by molar-refractivity contribution is -0.384. The van der Waals surface area contributed by atoms with Crippen molar-refractivity contribution in [2.24, 2.45) is 11.7 Å². The normalized spacial score (nSPS) is 16.5. The average Bonchev–Trinajstić information content (AvgIpc) is 2.59. The van der Waals surface area contributed by atoms with Gasteiger partial charge < -0.3 is 10.6 Å². The van der Waals surface area contributed by atoms with Crippen LogP contribution in [0.4, 0.5) is 11.4 Å². The molecule has 0 radical (unpaired) electrons. The molecule has 144 valence electrons.